The summed E-state index contributed by atoms with van der Waals surface area (Å²) in [4.78, 5) is 47.0. The van der Waals surface area contributed by atoms with Crippen molar-refractivity contribution in [2.45, 2.75) is 12.5 Å². The van der Waals surface area contributed by atoms with Gasteiger partial charge < -0.3 is 21.2 Å². The number of carboxylic acid groups (broad SMARTS) is 1. The number of amides is 2. The Labute approximate surface area is 160 Å². The number of hydrogen-bond donors (Lipinski definition) is 5. The number of nitrogens with two attached hydrogens (primary N) is 1. The highest BCUT2D eigenvalue weighted by molar-refractivity contribution is 5.97. The highest BCUT2D eigenvalue weighted by atomic mass is 16.4. The lowest BCUT2D eigenvalue weighted by molar-refractivity contribution is -0.137. The molecule has 0 aliphatic rings. The van der Waals surface area contributed by atoms with E-state index >= 15 is 0 Å². The first-order valence-corrected chi connectivity index (χ1v) is 8.12. The maximum Gasteiger partial charge on any atom is 0.305 e. The topological polar surface area (TPSA) is 172 Å². The molecule has 6 N–H and O–H groups in total. The Bertz CT molecular complexity index is 858. The Balaban J connectivity index is 1.95. The molecule has 0 radical (unpaired) electrons. The Hall–Kier alpha value is -3.86. The number of aliphatic carboxylic acids is 1. The lowest BCUT2D eigenvalue weighted by atomic mass is 10.1. The second-order valence-electron chi connectivity index (χ2n) is 5.55. The fourth-order valence-electron chi connectivity index (χ4n) is 2.26. The Morgan fingerprint density at radius 1 is 1.25 bits per heavy atom. The quantitative estimate of drug-likeness (QED) is 0.169. The SMILES string of the molecule is NNC=Nc1cccc(C(=O)NCC(=O)NC(CC(=O)O)c2cncnc2)c1. The number of rotatable bonds is 9. The summed E-state index contributed by atoms with van der Waals surface area (Å²) in [6.45, 7) is -0.333. The van der Waals surface area contributed by atoms with Crippen molar-refractivity contribution < 1.29 is 19.5 Å². The van der Waals surface area contributed by atoms with Gasteiger partial charge in [-0.25, -0.2) is 20.8 Å². The summed E-state index contributed by atoms with van der Waals surface area (Å²) in [5.41, 5.74) is 3.51. The predicted octanol–water partition coefficient (Wildman–Crippen LogP) is -0.338. The molecular weight excluding hydrogens is 366 g/mol. The van der Waals surface area contributed by atoms with E-state index in [0.29, 0.717) is 16.8 Å². The molecule has 1 aromatic heterocycles. The van der Waals surface area contributed by atoms with Crippen LogP contribution < -0.4 is 21.9 Å². The van der Waals surface area contributed by atoms with Crippen LogP contribution in [0.1, 0.15) is 28.4 Å². The summed E-state index contributed by atoms with van der Waals surface area (Å²) in [5, 5.41) is 14.0. The lowest BCUT2D eigenvalue weighted by Crippen LogP contribution is -2.39. The molecule has 1 heterocycles. The zero-order valence-electron chi connectivity index (χ0n) is 14.7. The minimum absolute atomic E-state index is 0.304. The Morgan fingerprint density at radius 2 is 2.00 bits per heavy atom. The van der Waals surface area contributed by atoms with E-state index in [1.54, 1.807) is 18.2 Å². The van der Waals surface area contributed by atoms with Crippen LogP contribution in [0.2, 0.25) is 0 Å². The third-order valence-corrected chi connectivity index (χ3v) is 3.50. The highest BCUT2D eigenvalue weighted by Crippen LogP contribution is 2.15. The van der Waals surface area contributed by atoms with Gasteiger partial charge in [0.05, 0.1) is 24.7 Å². The van der Waals surface area contributed by atoms with Gasteiger partial charge in [-0.15, -0.1) is 0 Å². The number of hydrogen-bond acceptors (Lipinski definition) is 7. The monoisotopic (exact) mass is 385 g/mol. The van der Waals surface area contributed by atoms with Gasteiger partial charge in [0, 0.05) is 23.5 Å². The third-order valence-electron chi connectivity index (χ3n) is 3.50. The van der Waals surface area contributed by atoms with E-state index in [-0.39, 0.29) is 13.0 Å². The van der Waals surface area contributed by atoms with E-state index in [0.717, 1.165) is 0 Å². The van der Waals surface area contributed by atoms with Crippen LogP contribution in [-0.2, 0) is 9.59 Å². The van der Waals surface area contributed by atoms with Crippen LogP contribution in [0.5, 0.6) is 0 Å². The van der Waals surface area contributed by atoms with E-state index in [9.17, 15) is 14.4 Å². The van der Waals surface area contributed by atoms with Crippen molar-refractivity contribution in [3.05, 3.63) is 54.1 Å². The molecule has 2 amide bonds. The van der Waals surface area contributed by atoms with Crippen LogP contribution >= 0.6 is 0 Å². The van der Waals surface area contributed by atoms with Crippen molar-refractivity contribution in [3.63, 3.8) is 0 Å². The number of carbonyl (C=O) groups excluding carboxylic acids is 2. The number of benzene rings is 1. The minimum atomic E-state index is -1.09. The van der Waals surface area contributed by atoms with Crippen LogP contribution in [0.3, 0.4) is 0 Å². The molecule has 0 spiro atoms. The van der Waals surface area contributed by atoms with Gasteiger partial charge in [0.1, 0.15) is 12.7 Å². The molecule has 0 bridgehead atoms. The molecule has 0 saturated carbocycles. The van der Waals surface area contributed by atoms with E-state index < -0.39 is 23.8 Å². The molecule has 0 fully saturated rings. The summed E-state index contributed by atoms with van der Waals surface area (Å²) in [6, 6.07) is 5.59. The zero-order chi connectivity index (χ0) is 20.4. The number of carbonyl (C=O) groups is 3. The average Bonchev–Trinajstić information content (AvgIpc) is 2.70. The van der Waals surface area contributed by atoms with Gasteiger partial charge in [0.25, 0.3) is 5.91 Å². The predicted molar refractivity (Wildman–Crippen MR) is 99.4 cm³/mol. The summed E-state index contributed by atoms with van der Waals surface area (Å²) in [7, 11) is 0. The molecule has 1 aromatic carbocycles. The maximum absolute atomic E-state index is 12.2. The fourth-order valence-corrected chi connectivity index (χ4v) is 2.26. The lowest BCUT2D eigenvalue weighted by Gasteiger charge is -2.17. The number of nitrogens with one attached hydrogen (secondary N) is 3. The number of hydrazine groups is 1. The second kappa shape index (κ2) is 10.3. The van der Waals surface area contributed by atoms with Gasteiger partial charge in [-0.2, -0.15) is 0 Å². The van der Waals surface area contributed by atoms with Crippen molar-refractivity contribution in [3.8, 4) is 0 Å². The molecular formula is C17H19N7O4. The zero-order valence-corrected chi connectivity index (χ0v) is 14.7. The molecule has 1 unspecified atom stereocenters. The minimum Gasteiger partial charge on any atom is -0.481 e. The van der Waals surface area contributed by atoms with Gasteiger partial charge in [-0.1, -0.05) is 6.07 Å². The van der Waals surface area contributed by atoms with Crippen LogP contribution in [-0.4, -0.2) is 45.7 Å². The van der Waals surface area contributed by atoms with Crippen molar-refractivity contribution in [1.29, 1.82) is 0 Å². The van der Waals surface area contributed by atoms with E-state index in [4.69, 9.17) is 10.9 Å². The van der Waals surface area contributed by atoms with Gasteiger partial charge in [0.2, 0.25) is 5.91 Å². The third kappa shape index (κ3) is 6.46. The summed E-state index contributed by atoms with van der Waals surface area (Å²) in [5.74, 6) is 2.97. The van der Waals surface area contributed by atoms with Crippen molar-refractivity contribution in [2.75, 3.05) is 6.54 Å². The standard InChI is InChI=1S/C17H19N7O4/c18-23-10-22-13-3-1-2-11(4-13)17(28)21-8-15(25)24-14(5-16(26)27)12-6-19-9-20-7-12/h1-4,6-7,9-10,14H,5,8,18H2,(H,21,28)(H,22,23)(H,24,25)(H,26,27). The molecule has 0 aliphatic heterocycles. The summed E-state index contributed by atoms with van der Waals surface area (Å²) < 4.78 is 0. The average molecular weight is 385 g/mol. The van der Waals surface area contributed by atoms with Crippen LogP contribution in [0.25, 0.3) is 0 Å². The van der Waals surface area contributed by atoms with Crippen molar-refractivity contribution in [2.24, 2.45) is 10.8 Å². The van der Waals surface area contributed by atoms with Gasteiger partial charge in [-0.05, 0) is 18.2 Å². The smallest absolute Gasteiger partial charge is 0.305 e. The number of carboxylic acids is 1. The molecule has 1 atom stereocenters. The molecule has 0 aliphatic carbocycles. The van der Waals surface area contributed by atoms with E-state index in [2.05, 4.69) is 31.0 Å². The second-order valence-corrected chi connectivity index (χ2v) is 5.55. The van der Waals surface area contributed by atoms with Crippen LogP contribution in [0.4, 0.5) is 5.69 Å². The highest BCUT2D eigenvalue weighted by Gasteiger charge is 2.19. The van der Waals surface area contributed by atoms with E-state index in [1.807, 2.05) is 0 Å². The van der Waals surface area contributed by atoms with Crippen LogP contribution in [0, 0.1) is 0 Å². The summed E-state index contributed by atoms with van der Waals surface area (Å²) >= 11 is 0. The van der Waals surface area contributed by atoms with Crippen molar-refractivity contribution in [1.82, 2.24) is 26.0 Å². The van der Waals surface area contributed by atoms with Crippen molar-refractivity contribution >= 4 is 29.8 Å². The molecule has 0 saturated heterocycles. The Kier molecular flexibility index (Phi) is 7.54. The molecule has 2 aromatic rings. The molecule has 11 heteroatoms. The van der Waals surface area contributed by atoms with Gasteiger partial charge in [0.15, 0.2) is 0 Å². The molecule has 28 heavy (non-hydrogen) atoms. The Morgan fingerprint density at radius 3 is 2.68 bits per heavy atom. The van der Waals surface area contributed by atoms with Gasteiger partial charge in [-0.3, -0.25) is 14.4 Å². The first-order valence-electron chi connectivity index (χ1n) is 8.12. The number of nitrogens with zero attached hydrogens (tertiary/aromatic N) is 3. The molecule has 146 valence electrons. The van der Waals surface area contributed by atoms with E-state index in [1.165, 1.54) is 31.1 Å². The summed E-state index contributed by atoms with van der Waals surface area (Å²) in [6.07, 6.45) is 5.05. The molecule has 11 nitrogen and oxygen atoms in total. The number of aromatic nitrogens is 2. The normalized spacial score (nSPS) is 11.6. The van der Waals surface area contributed by atoms with Crippen LogP contribution in [0.15, 0.2) is 48.0 Å². The number of aliphatic imine (C=N–C) groups is 1. The first-order chi connectivity index (χ1) is 13.5. The fraction of sp³-hybridized carbons (Fsp3) is 0.176. The van der Waals surface area contributed by atoms with Gasteiger partial charge >= 0.3 is 5.97 Å². The maximum atomic E-state index is 12.2. The first kappa shape index (κ1) is 20.5. The largest absolute Gasteiger partial charge is 0.481 e. The molecule has 2 rings (SSSR count).